The van der Waals surface area contributed by atoms with Crippen molar-refractivity contribution in [3.8, 4) is 5.75 Å². The van der Waals surface area contributed by atoms with E-state index in [-0.39, 0.29) is 24.0 Å². The number of nitrogens with one attached hydrogen (secondary N) is 2. The Morgan fingerprint density at radius 2 is 1.90 bits per heavy atom. The Labute approximate surface area is 206 Å². The Kier molecular flexibility index (Phi) is 14.1. The summed E-state index contributed by atoms with van der Waals surface area (Å²) in [6, 6.07) is 8.62. The zero-order valence-electron chi connectivity index (χ0n) is 19.9. The van der Waals surface area contributed by atoms with Crippen molar-refractivity contribution in [2.75, 3.05) is 66.6 Å². The molecule has 0 spiro atoms. The smallest absolute Gasteiger partial charge is 0.191 e. The molecular weight excluding hydrogens is 505 g/mol. The van der Waals surface area contributed by atoms with Crippen LogP contribution in [0.1, 0.15) is 26.3 Å². The molecule has 1 aromatic rings. The summed E-state index contributed by atoms with van der Waals surface area (Å²) in [5, 5.41) is 6.93. The van der Waals surface area contributed by atoms with Gasteiger partial charge in [-0.2, -0.15) is 0 Å². The third-order valence-electron chi connectivity index (χ3n) is 5.28. The molecule has 0 radical (unpaired) electrons. The fourth-order valence-electron chi connectivity index (χ4n) is 3.52. The first-order chi connectivity index (χ1) is 14.5. The van der Waals surface area contributed by atoms with Crippen molar-refractivity contribution >= 4 is 29.9 Å². The lowest BCUT2D eigenvalue weighted by Crippen LogP contribution is -2.52. The molecule has 178 valence electrons. The highest BCUT2D eigenvalue weighted by Gasteiger charge is 2.23. The second-order valence-electron chi connectivity index (χ2n) is 8.30. The van der Waals surface area contributed by atoms with Gasteiger partial charge in [0.1, 0.15) is 12.4 Å². The van der Waals surface area contributed by atoms with Crippen LogP contribution in [-0.2, 0) is 11.3 Å². The summed E-state index contributed by atoms with van der Waals surface area (Å²) in [6.45, 7) is 14.1. The van der Waals surface area contributed by atoms with Crippen LogP contribution in [0.2, 0.25) is 0 Å². The van der Waals surface area contributed by atoms with Gasteiger partial charge in [0.2, 0.25) is 0 Å². The minimum atomic E-state index is 0. The summed E-state index contributed by atoms with van der Waals surface area (Å²) in [4.78, 5) is 9.47. The molecule has 1 aliphatic rings. The van der Waals surface area contributed by atoms with Crippen molar-refractivity contribution < 1.29 is 9.47 Å². The molecule has 31 heavy (non-hydrogen) atoms. The number of morpholine rings is 1. The van der Waals surface area contributed by atoms with Gasteiger partial charge in [-0.15, -0.1) is 24.0 Å². The van der Waals surface area contributed by atoms with Crippen LogP contribution < -0.4 is 15.4 Å². The van der Waals surface area contributed by atoms with Gasteiger partial charge in [-0.1, -0.05) is 32.0 Å². The van der Waals surface area contributed by atoms with E-state index >= 15 is 0 Å². The van der Waals surface area contributed by atoms with Crippen LogP contribution >= 0.6 is 24.0 Å². The number of rotatable bonds is 11. The van der Waals surface area contributed by atoms with Gasteiger partial charge >= 0.3 is 0 Å². The van der Waals surface area contributed by atoms with Gasteiger partial charge < -0.3 is 25.0 Å². The largest absolute Gasteiger partial charge is 0.492 e. The normalized spacial score (nSPS) is 16.2. The number of hydrogen-bond donors (Lipinski definition) is 2. The second kappa shape index (κ2) is 15.7. The minimum absolute atomic E-state index is 0. The lowest BCUT2D eigenvalue weighted by atomic mass is 10.0. The lowest BCUT2D eigenvalue weighted by Gasteiger charge is -2.37. The molecule has 0 bridgehead atoms. The van der Waals surface area contributed by atoms with Crippen LogP contribution in [0.25, 0.3) is 0 Å². The molecule has 1 saturated heterocycles. The van der Waals surface area contributed by atoms with Crippen LogP contribution in [0, 0.1) is 5.92 Å². The van der Waals surface area contributed by atoms with Crippen LogP contribution in [0.15, 0.2) is 29.3 Å². The maximum absolute atomic E-state index is 5.98. The number of nitrogens with zero attached hydrogens (tertiary/aromatic N) is 3. The van der Waals surface area contributed by atoms with E-state index in [1.165, 1.54) is 0 Å². The molecule has 2 N–H and O–H groups in total. The number of halogens is 1. The Balaban J connectivity index is 0.00000480. The predicted molar refractivity (Wildman–Crippen MR) is 140 cm³/mol. The van der Waals surface area contributed by atoms with Crippen LogP contribution in [0.5, 0.6) is 5.75 Å². The number of aliphatic imine (C=N–C) groups is 1. The number of guanidine groups is 1. The minimum Gasteiger partial charge on any atom is -0.492 e. The quantitative estimate of drug-likeness (QED) is 0.253. The van der Waals surface area contributed by atoms with E-state index in [9.17, 15) is 0 Å². The summed E-state index contributed by atoms with van der Waals surface area (Å²) in [5.74, 6) is 2.32. The van der Waals surface area contributed by atoms with Gasteiger partial charge in [-0.3, -0.25) is 4.90 Å². The first-order valence-electron chi connectivity index (χ1n) is 11.2. The average Bonchev–Trinajstić information content (AvgIpc) is 2.73. The zero-order valence-corrected chi connectivity index (χ0v) is 22.2. The highest BCUT2D eigenvalue weighted by Crippen LogP contribution is 2.19. The highest BCUT2D eigenvalue weighted by atomic mass is 127. The second-order valence-corrected chi connectivity index (χ2v) is 8.30. The highest BCUT2D eigenvalue weighted by molar-refractivity contribution is 14.0. The van der Waals surface area contributed by atoms with Crippen molar-refractivity contribution in [2.45, 2.75) is 33.4 Å². The van der Waals surface area contributed by atoms with Gasteiger partial charge in [0.25, 0.3) is 0 Å². The number of ether oxygens (including phenoxy) is 2. The van der Waals surface area contributed by atoms with Gasteiger partial charge in [0.05, 0.1) is 19.8 Å². The Hall–Kier alpha value is -1.10. The van der Waals surface area contributed by atoms with E-state index in [4.69, 9.17) is 14.5 Å². The van der Waals surface area contributed by atoms with Gasteiger partial charge in [0.15, 0.2) is 5.96 Å². The molecule has 2 rings (SSSR count). The van der Waals surface area contributed by atoms with Gasteiger partial charge in [-0.25, -0.2) is 4.99 Å². The number of hydrogen-bond acceptors (Lipinski definition) is 5. The SMILES string of the molecule is CCNC(=NCc1ccccc1OCCN(C)C)NCC(C(C)C)N1CCOCC1.I. The summed E-state index contributed by atoms with van der Waals surface area (Å²) < 4.78 is 11.5. The molecule has 1 fully saturated rings. The summed E-state index contributed by atoms with van der Waals surface area (Å²) >= 11 is 0. The molecular formula is C23H42IN5O2. The number of para-hydroxylation sites is 1. The number of likely N-dealkylation sites (N-methyl/N-ethyl adjacent to an activating group) is 1. The molecule has 0 aromatic heterocycles. The third-order valence-corrected chi connectivity index (χ3v) is 5.28. The lowest BCUT2D eigenvalue weighted by molar-refractivity contribution is 0.00752. The third kappa shape index (κ3) is 10.4. The Bertz CT molecular complexity index is 636. The maximum atomic E-state index is 5.98. The Morgan fingerprint density at radius 1 is 1.19 bits per heavy atom. The number of benzene rings is 1. The van der Waals surface area contributed by atoms with Crippen molar-refractivity contribution in [3.05, 3.63) is 29.8 Å². The van der Waals surface area contributed by atoms with E-state index < -0.39 is 0 Å². The van der Waals surface area contributed by atoms with Gasteiger partial charge in [-0.05, 0) is 33.0 Å². The van der Waals surface area contributed by atoms with Crippen LogP contribution in [-0.4, -0.2) is 88.4 Å². The van der Waals surface area contributed by atoms with Crippen molar-refractivity contribution in [1.29, 1.82) is 0 Å². The summed E-state index contributed by atoms with van der Waals surface area (Å²) in [7, 11) is 4.10. The molecule has 8 heteroatoms. The van der Waals surface area contributed by atoms with E-state index in [0.29, 0.717) is 25.1 Å². The molecule has 1 aliphatic heterocycles. The standard InChI is InChI=1S/C23H41N5O2.HI/c1-6-24-23(26-18-21(19(2)3)28-12-14-29-15-13-28)25-17-20-9-7-8-10-22(20)30-16-11-27(4)5;/h7-10,19,21H,6,11-18H2,1-5H3,(H2,24,25,26);1H. The van der Waals surface area contributed by atoms with E-state index in [0.717, 1.165) is 63.2 Å². The average molecular weight is 548 g/mol. The van der Waals surface area contributed by atoms with Crippen LogP contribution in [0.4, 0.5) is 0 Å². The first kappa shape index (κ1) is 27.9. The van der Waals surface area contributed by atoms with E-state index in [2.05, 4.69) is 61.4 Å². The summed E-state index contributed by atoms with van der Waals surface area (Å²) in [5.41, 5.74) is 1.10. The maximum Gasteiger partial charge on any atom is 0.191 e. The van der Waals surface area contributed by atoms with Crippen molar-refractivity contribution in [1.82, 2.24) is 20.4 Å². The van der Waals surface area contributed by atoms with E-state index in [1.54, 1.807) is 0 Å². The topological polar surface area (TPSA) is 61.4 Å². The molecule has 1 unspecified atom stereocenters. The molecule has 0 aliphatic carbocycles. The molecule has 0 saturated carbocycles. The monoisotopic (exact) mass is 547 g/mol. The van der Waals surface area contributed by atoms with Gasteiger partial charge in [0, 0.05) is 44.3 Å². The molecule has 1 aromatic carbocycles. The fourth-order valence-corrected chi connectivity index (χ4v) is 3.52. The predicted octanol–water partition coefficient (Wildman–Crippen LogP) is 2.66. The Morgan fingerprint density at radius 3 is 2.55 bits per heavy atom. The zero-order chi connectivity index (χ0) is 21.8. The molecule has 0 amide bonds. The van der Waals surface area contributed by atoms with Crippen LogP contribution in [0.3, 0.4) is 0 Å². The van der Waals surface area contributed by atoms with Crippen molar-refractivity contribution in [2.24, 2.45) is 10.9 Å². The molecule has 1 atom stereocenters. The molecule has 1 heterocycles. The summed E-state index contributed by atoms with van der Waals surface area (Å²) in [6.07, 6.45) is 0. The molecule has 7 nitrogen and oxygen atoms in total. The fraction of sp³-hybridized carbons (Fsp3) is 0.696. The van der Waals surface area contributed by atoms with E-state index in [1.807, 2.05) is 18.2 Å². The first-order valence-corrected chi connectivity index (χ1v) is 11.2. The van der Waals surface area contributed by atoms with Crippen molar-refractivity contribution in [3.63, 3.8) is 0 Å².